The standard InChI is InChI=1S/C20H14F3N3O4/c1-12-9-17(30-25-12)15-10-18(27)26(24-19(15)16-3-2-8-28-16)11-13-4-6-14(7-5-13)29-20(21,22)23/h2-10H,11H2,1H3. The number of hydrogen-bond acceptors (Lipinski definition) is 6. The largest absolute Gasteiger partial charge is 0.573 e. The fourth-order valence-electron chi connectivity index (χ4n) is 2.85. The zero-order chi connectivity index (χ0) is 21.3. The van der Waals surface area contributed by atoms with Gasteiger partial charge in [0, 0.05) is 12.1 Å². The number of alkyl halides is 3. The monoisotopic (exact) mass is 417 g/mol. The highest BCUT2D eigenvalue weighted by atomic mass is 19.4. The highest BCUT2D eigenvalue weighted by Gasteiger charge is 2.31. The average Bonchev–Trinajstić information content (AvgIpc) is 3.35. The van der Waals surface area contributed by atoms with Crippen LogP contribution in [0.15, 0.2) is 68.5 Å². The summed E-state index contributed by atoms with van der Waals surface area (Å²) < 4.78 is 52.6. The second-order valence-corrected chi connectivity index (χ2v) is 6.40. The third-order valence-electron chi connectivity index (χ3n) is 4.14. The lowest BCUT2D eigenvalue weighted by molar-refractivity contribution is -0.274. The van der Waals surface area contributed by atoms with Crippen LogP contribution >= 0.6 is 0 Å². The Morgan fingerprint density at radius 3 is 2.47 bits per heavy atom. The molecule has 0 spiro atoms. The van der Waals surface area contributed by atoms with Crippen molar-refractivity contribution >= 4 is 0 Å². The van der Waals surface area contributed by atoms with Crippen molar-refractivity contribution in [2.45, 2.75) is 19.8 Å². The summed E-state index contributed by atoms with van der Waals surface area (Å²) >= 11 is 0. The van der Waals surface area contributed by atoms with Crippen molar-refractivity contribution in [3.8, 4) is 28.5 Å². The lowest BCUT2D eigenvalue weighted by Gasteiger charge is -2.11. The van der Waals surface area contributed by atoms with Gasteiger partial charge in [0.15, 0.2) is 11.5 Å². The van der Waals surface area contributed by atoms with E-state index in [-0.39, 0.29) is 12.3 Å². The van der Waals surface area contributed by atoms with Crippen LogP contribution in [0.3, 0.4) is 0 Å². The number of nitrogens with zero attached hydrogens (tertiary/aromatic N) is 3. The summed E-state index contributed by atoms with van der Waals surface area (Å²) in [6.07, 6.45) is -3.30. The molecular weight excluding hydrogens is 403 g/mol. The summed E-state index contributed by atoms with van der Waals surface area (Å²) in [4.78, 5) is 12.6. The zero-order valence-electron chi connectivity index (χ0n) is 15.5. The van der Waals surface area contributed by atoms with E-state index in [2.05, 4.69) is 15.0 Å². The van der Waals surface area contributed by atoms with Gasteiger partial charge in [-0.3, -0.25) is 4.79 Å². The van der Waals surface area contributed by atoms with E-state index < -0.39 is 11.9 Å². The molecule has 0 unspecified atom stereocenters. The summed E-state index contributed by atoms with van der Waals surface area (Å²) in [6, 6.07) is 11.6. The van der Waals surface area contributed by atoms with Gasteiger partial charge < -0.3 is 13.7 Å². The van der Waals surface area contributed by atoms with Gasteiger partial charge in [0.25, 0.3) is 5.56 Å². The number of rotatable bonds is 5. The molecule has 0 bridgehead atoms. The molecule has 3 aromatic heterocycles. The molecule has 0 saturated carbocycles. The maximum atomic E-state index is 12.6. The average molecular weight is 417 g/mol. The number of benzene rings is 1. The van der Waals surface area contributed by atoms with Crippen LogP contribution in [0.1, 0.15) is 11.3 Å². The zero-order valence-corrected chi connectivity index (χ0v) is 15.5. The van der Waals surface area contributed by atoms with Crippen LogP contribution in [0.4, 0.5) is 13.2 Å². The van der Waals surface area contributed by atoms with Gasteiger partial charge in [-0.1, -0.05) is 17.3 Å². The van der Waals surface area contributed by atoms with Crippen LogP contribution in [0.25, 0.3) is 22.8 Å². The van der Waals surface area contributed by atoms with Crippen molar-refractivity contribution in [3.63, 3.8) is 0 Å². The molecule has 4 rings (SSSR count). The predicted octanol–water partition coefficient (Wildman–Crippen LogP) is 4.41. The number of halogens is 3. The molecule has 1 aromatic carbocycles. The lowest BCUT2D eigenvalue weighted by atomic mass is 10.1. The minimum absolute atomic E-state index is 0.0363. The fourth-order valence-corrected chi connectivity index (χ4v) is 2.85. The van der Waals surface area contributed by atoms with Crippen LogP contribution < -0.4 is 10.3 Å². The Balaban J connectivity index is 1.69. The van der Waals surface area contributed by atoms with Gasteiger partial charge in [0.1, 0.15) is 11.4 Å². The van der Waals surface area contributed by atoms with Gasteiger partial charge in [-0.25, -0.2) is 4.68 Å². The first-order chi connectivity index (χ1) is 14.3. The Kier molecular flexibility index (Phi) is 4.90. The Hall–Kier alpha value is -3.82. The van der Waals surface area contributed by atoms with Gasteiger partial charge in [0.05, 0.1) is 24.1 Å². The normalized spacial score (nSPS) is 11.6. The molecule has 0 aliphatic heterocycles. The van der Waals surface area contributed by atoms with Gasteiger partial charge in [0.2, 0.25) is 0 Å². The Morgan fingerprint density at radius 2 is 1.87 bits per heavy atom. The topological polar surface area (TPSA) is 83.3 Å². The van der Waals surface area contributed by atoms with Gasteiger partial charge in [-0.15, -0.1) is 13.2 Å². The molecule has 0 fully saturated rings. The Bertz CT molecular complexity index is 1210. The minimum Gasteiger partial charge on any atom is -0.463 e. The van der Waals surface area contributed by atoms with Crippen LogP contribution in [0.5, 0.6) is 5.75 Å². The Labute approximate surface area is 167 Å². The van der Waals surface area contributed by atoms with E-state index in [9.17, 15) is 18.0 Å². The molecule has 3 heterocycles. The van der Waals surface area contributed by atoms with Crippen LogP contribution in [-0.4, -0.2) is 21.3 Å². The highest BCUT2D eigenvalue weighted by Crippen LogP contribution is 2.30. The molecule has 154 valence electrons. The molecule has 7 nitrogen and oxygen atoms in total. The number of aromatic nitrogens is 3. The quantitative estimate of drug-likeness (QED) is 0.478. The molecule has 0 aliphatic carbocycles. The first kappa shape index (κ1) is 19.5. The van der Waals surface area contributed by atoms with Crippen molar-refractivity contribution in [2.75, 3.05) is 0 Å². The van der Waals surface area contributed by atoms with Crippen LogP contribution in [0, 0.1) is 6.92 Å². The van der Waals surface area contributed by atoms with Gasteiger partial charge >= 0.3 is 6.36 Å². The summed E-state index contributed by atoms with van der Waals surface area (Å²) in [5, 5.41) is 8.22. The van der Waals surface area contributed by atoms with E-state index >= 15 is 0 Å². The van der Waals surface area contributed by atoms with Gasteiger partial charge in [-0.05, 0) is 36.8 Å². The Morgan fingerprint density at radius 1 is 1.10 bits per heavy atom. The molecule has 10 heteroatoms. The SMILES string of the molecule is Cc1cc(-c2cc(=O)n(Cc3ccc(OC(F)(F)F)cc3)nc2-c2ccco2)on1. The summed E-state index contributed by atoms with van der Waals surface area (Å²) in [7, 11) is 0. The summed E-state index contributed by atoms with van der Waals surface area (Å²) in [5.41, 5.74) is 1.56. The fraction of sp³-hybridized carbons (Fsp3) is 0.150. The predicted molar refractivity (Wildman–Crippen MR) is 98.7 cm³/mol. The third-order valence-corrected chi connectivity index (χ3v) is 4.14. The molecule has 4 aromatic rings. The van der Waals surface area contributed by atoms with Crippen molar-refractivity contribution < 1.29 is 26.8 Å². The van der Waals surface area contributed by atoms with E-state index in [4.69, 9.17) is 8.94 Å². The van der Waals surface area contributed by atoms with Crippen LogP contribution in [0.2, 0.25) is 0 Å². The summed E-state index contributed by atoms with van der Waals surface area (Å²) in [6.45, 7) is 1.79. The number of furan rings is 1. The van der Waals surface area contributed by atoms with E-state index in [1.54, 1.807) is 25.1 Å². The second kappa shape index (κ2) is 7.54. The molecule has 0 N–H and O–H groups in total. The van der Waals surface area contributed by atoms with Crippen molar-refractivity contribution in [3.05, 3.63) is 76.4 Å². The highest BCUT2D eigenvalue weighted by molar-refractivity contribution is 5.74. The molecule has 0 radical (unpaired) electrons. The van der Waals surface area contributed by atoms with E-state index in [0.29, 0.717) is 34.0 Å². The minimum atomic E-state index is -4.77. The number of hydrogen-bond donors (Lipinski definition) is 0. The molecule has 0 amide bonds. The number of aryl methyl sites for hydroxylation is 1. The molecule has 0 atom stereocenters. The maximum Gasteiger partial charge on any atom is 0.573 e. The van der Waals surface area contributed by atoms with Gasteiger partial charge in [-0.2, -0.15) is 5.10 Å². The molecule has 30 heavy (non-hydrogen) atoms. The maximum absolute atomic E-state index is 12.6. The number of ether oxygens (including phenoxy) is 1. The second-order valence-electron chi connectivity index (χ2n) is 6.40. The van der Waals surface area contributed by atoms with E-state index in [1.165, 1.54) is 41.3 Å². The van der Waals surface area contributed by atoms with E-state index in [0.717, 1.165) is 0 Å². The molecule has 0 aliphatic rings. The van der Waals surface area contributed by atoms with Crippen molar-refractivity contribution in [1.82, 2.24) is 14.9 Å². The summed E-state index contributed by atoms with van der Waals surface area (Å²) in [5.74, 6) is 0.435. The van der Waals surface area contributed by atoms with E-state index in [1.807, 2.05) is 0 Å². The van der Waals surface area contributed by atoms with Crippen LogP contribution in [-0.2, 0) is 6.54 Å². The van der Waals surface area contributed by atoms with Crippen molar-refractivity contribution in [1.29, 1.82) is 0 Å². The first-order valence-electron chi connectivity index (χ1n) is 8.73. The smallest absolute Gasteiger partial charge is 0.463 e. The molecule has 0 saturated heterocycles. The molecular formula is C20H14F3N3O4. The lowest BCUT2D eigenvalue weighted by Crippen LogP contribution is -2.23. The first-order valence-corrected chi connectivity index (χ1v) is 8.73. The third kappa shape index (κ3) is 4.27. The van der Waals surface area contributed by atoms with Crippen molar-refractivity contribution in [2.24, 2.45) is 0 Å².